The van der Waals surface area contributed by atoms with Crippen LogP contribution in [-0.2, 0) is 16.0 Å². The molecule has 0 radical (unpaired) electrons. The first-order chi connectivity index (χ1) is 13.2. The molecule has 1 atom stereocenters. The van der Waals surface area contributed by atoms with Gasteiger partial charge in [-0.3, -0.25) is 9.59 Å². The molecule has 0 aliphatic carbocycles. The molecule has 28 heavy (non-hydrogen) atoms. The lowest BCUT2D eigenvalue weighted by Gasteiger charge is -2.36. The Morgan fingerprint density at radius 3 is 2.11 bits per heavy atom. The number of amides is 2. The van der Waals surface area contributed by atoms with Crippen LogP contribution in [0.5, 0.6) is 0 Å². The molecule has 0 spiro atoms. The molecule has 2 aliphatic rings. The molecule has 1 aromatic heterocycles. The Kier molecular flexibility index (Phi) is 6.06. The van der Waals surface area contributed by atoms with Crippen molar-refractivity contribution in [1.29, 1.82) is 0 Å². The highest BCUT2D eigenvalue weighted by Gasteiger charge is 2.32. The molecule has 6 heteroatoms. The maximum Gasteiger partial charge on any atom is 0.227 e. The molecule has 0 bridgehead atoms. The van der Waals surface area contributed by atoms with Crippen LogP contribution in [0.25, 0.3) is 0 Å². The van der Waals surface area contributed by atoms with Gasteiger partial charge in [-0.25, -0.2) is 9.97 Å². The van der Waals surface area contributed by atoms with Crippen molar-refractivity contribution in [2.75, 3.05) is 26.2 Å². The first kappa shape index (κ1) is 20.7. The minimum absolute atomic E-state index is 0.167. The number of aryl methyl sites for hydroxylation is 2. The third kappa shape index (κ3) is 4.53. The number of hydrogen-bond donors (Lipinski definition) is 0. The third-order valence-corrected chi connectivity index (χ3v) is 5.94. The Balaban J connectivity index is 1.74. The molecule has 0 saturated carbocycles. The summed E-state index contributed by atoms with van der Waals surface area (Å²) in [6.45, 7) is 13.1. The van der Waals surface area contributed by atoms with Crippen molar-refractivity contribution in [3.05, 3.63) is 22.8 Å². The highest BCUT2D eigenvalue weighted by molar-refractivity contribution is 5.81. The molecule has 154 valence electrons. The first-order valence-corrected chi connectivity index (χ1v) is 10.6. The second-order valence-corrected chi connectivity index (χ2v) is 9.34. The minimum Gasteiger partial charge on any atom is -0.342 e. The van der Waals surface area contributed by atoms with E-state index in [-0.39, 0.29) is 23.1 Å². The van der Waals surface area contributed by atoms with Crippen LogP contribution >= 0.6 is 0 Å². The van der Waals surface area contributed by atoms with Crippen LogP contribution in [0.3, 0.4) is 0 Å². The quantitative estimate of drug-likeness (QED) is 0.801. The zero-order valence-electron chi connectivity index (χ0n) is 18.0. The first-order valence-electron chi connectivity index (χ1n) is 10.6. The highest BCUT2D eigenvalue weighted by atomic mass is 16.2. The largest absolute Gasteiger partial charge is 0.342 e. The number of nitrogens with zero attached hydrogens (tertiary/aromatic N) is 4. The summed E-state index contributed by atoms with van der Waals surface area (Å²) in [4.78, 5) is 38.7. The van der Waals surface area contributed by atoms with Crippen molar-refractivity contribution >= 4 is 11.8 Å². The number of hydrogen-bond acceptors (Lipinski definition) is 4. The van der Waals surface area contributed by atoms with Gasteiger partial charge in [-0.2, -0.15) is 0 Å². The van der Waals surface area contributed by atoms with Crippen LogP contribution in [0.15, 0.2) is 0 Å². The molecule has 2 amide bonds. The summed E-state index contributed by atoms with van der Waals surface area (Å²) in [6, 6.07) is 0. The summed E-state index contributed by atoms with van der Waals surface area (Å²) in [7, 11) is 0. The van der Waals surface area contributed by atoms with Crippen LogP contribution in [-0.4, -0.2) is 57.8 Å². The summed E-state index contributed by atoms with van der Waals surface area (Å²) in [6.07, 6.45) is 4.56. The summed E-state index contributed by atoms with van der Waals surface area (Å²) in [5.41, 5.74) is 2.39. The summed E-state index contributed by atoms with van der Waals surface area (Å²) >= 11 is 0. The number of piperidine rings is 1. The van der Waals surface area contributed by atoms with Crippen LogP contribution in [0.1, 0.15) is 75.1 Å². The van der Waals surface area contributed by atoms with Gasteiger partial charge in [-0.15, -0.1) is 0 Å². The fourth-order valence-electron chi connectivity index (χ4n) is 4.28. The normalized spacial score (nSPS) is 20.5. The fourth-order valence-corrected chi connectivity index (χ4v) is 4.28. The van der Waals surface area contributed by atoms with E-state index in [1.165, 1.54) is 0 Å². The summed E-state index contributed by atoms with van der Waals surface area (Å²) < 4.78 is 0. The Labute approximate surface area is 168 Å². The zero-order valence-corrected chi connectivity index (χ0v) is 18.0. The molecular weight excluding hydrogens is 352 g/mol. The summed E-state index contributed by atoms with van der Waals surface area (Å²) in [5, 5.41) is 0. The predicted octanol–water partition coefficient (Wildman–Crippen LogP) is 3.01. The summed E-state index contributed by atoms with van der Waals surface area (Å²) in [5.74, 6) is 1.36. The Hall–Kier alpha value is -1.98. The fraction of sp³-hybridized carbons (Fsp3) is 0.727. The molecule has 2 fully saturated rings. The van der Waals surface area contributed by atoms with E-state index in [2.05, 4.69) is 0 Å². The van der Waals surface area contributed by atoms with Gasteiger partial charge in [-0.05, 0) is 39.5 Å². The van der Waals surface area contributed by atoms with Crippen molar-refractivity contribution < 1.29 is 9.59 Å². The van der Waals surface area contributed by atoms with E-state index in [1.54, 1.807) is 0 Å². The number of rotatable bonds is 3. The van der Waals surface area contributed by atoms with Crippen LogP contribution in [0.4, 0.5) is 0 Å². The van der Waals surface area contributed by atoms with E-state index in [0.717, 1.165) is 68.1 Å². The maximum absolute atomic E-state index is 12.7. The van der Waals surface area contributed by atoms with E-state index in [4.69, 9.17) is 9.97 Å². The number of likely N-dealkylation sites (tertiary alicyclic amines) is 2. The molecule has 2 aliphatic heterocycles. The van der Waals surface area contributed by atoms with Gasteiger partial charge in [0.2, 0.25) is 11.8 Å². The van der Waals surface area contributed by atoms with Gasteiger partial charge >= 0.3 is 0 Å². The van der Waals surface area contributed by atoms with Gasteiger partial charge < -0.3 is 9.80 Å². The van der Waals surface area contributed by atoms with E-state index >= 15 is 0 Å². The number of aromatic nitrogens is 2. The third-order valence-electron chi connectivity index (χ3n) is 5.94. The lowest BCUT2D eigenvalue weighted by Crippen LogP contribution is -2.45. The predicted molar refractivity (Wildman–Crippen MR) is 109 cm³/mol. The Morgan fingerprint density at radius 2 is 1.54 bits per heavy atom. The van der Waals surface area contributed by atoms with Crippen LogP contribution in [0.2, 0.25) is 0 Å². The van der Waals surface area contributed by atoms with Crippen molar-refractivity contribution in [3.8, 4) is 0 Å². The Bertz CT molecular complexity index is 724. The van der Waals surface area contributed by atoms with Gasteiger partial charge in [0.15, 0.2) is 0 Å². The minimum atomic E-state index is -0.367. The molecule has 6 nitrogen and oxygen atoms in total. The standard InChI is InChI=1S/C22H34N4O2/c1-15-18(13-19(27)25-10-6-7-11-25)16(2)24-20(23-15)17-9-8-12-26(14-17)21(28)22(3,4)5/h17H,6-14H2,1-5H3. The van der Waals surface area contributed by atoms with E-state index in [1.807, 2.05) is 44.4 Å². The van der Waals surface area contributed by atoms with E-state index in [9.17, 15) is 9.59 Å². The van der Waals surface area contributed by atoms with E-state index in [0.29, 0.717) is 13.0 Å². The monoisotopic (exact) mass is 386 g/mol. The highest BCUT2D eigenvalue weighted by Crippen LogP contribution is 2.29. The molecule has 0 N–H and O–H groups in total. The average molecular weight is 387 g/mol. The van der Waals surface area contributed by atoms with Crippen LogP contribution in [0, 0.1) is 19.3 Å². The van der Waals surface area contributed by atoms with Crippen molar-refractivity contribution in [3.63, 3.8) is 0 Å². The Morgan fingerprint density at radius 1 is 0.964 bits per heavy atom. The van der Waals surface area contributed by atoms with Crippen LogP contribution < -0.4 is 0 Å². The lowest BCUT2D eigenvalue weighted by molar-refractivity contribution is -0.140. The molecule has 3 heterocycles. The number of carbonyl (C=O) groups is 2. The van der Waals surface area contributed by atoms with Crippen molar-refractivity contribution in [2.24, 2.45) is 5.41 Å². The smallest absolute Gasteiger partial charge is 0.227 e. The molecule has 3 rings (SSSR count). The maximum atomic E-state index is 12.7. The second kappa shape index (κ2) is 8.18. The lowest BCUT2D eigenvalue weighted by atomic mass is 9.90. The SMILES string of the molecule is Cc1nc(C2CCCN(C(=O)C(C)(C)C)C2)nc(C)c1CC(=O)N1CCCC1. The van der Waals surface area contributed by atoms with Gasteiger partial charge in [0.1, 0.15) is 5.82 Å². The topological polar surface area (TPSA) is 66.4 Å². The van der Waals surface area contributed by atoms with Gasteiger partial charge in [-0.1, -0.05) is 20.8 Å². The van der Waals surface area contributed by atoms with E-state index < -0.39 is 0 Å². The van der Waals surface area contributed by atoms with Gasteiger partial charge in [0.05, 0.1) is 6.42 Å². The van der Waals surface area contributed by atoms with Gasteiger partial charge in [0.25, 0.3) is 0 Å². The zero-order chi connectivity index (χ0) is 20.5. The van der Waals surface area contributed by atoms with Gasteiger partial charge in [0, 0.05) is 54.5 Å². The molecule has 1 unspecified atom stereocenters. The average Bonchev–Trinajstić information content (AvgIpc) is 3.18. The molecular formula is C22H34N4O2. The molecule has 1 aromatic rings. The molecule has 0 aromatic carbocycles. The van der Waals surface area contributed by atoms with Crippen molar-refractivity contribution in [1.82, 2.24) is 19.8 Å². The van der Waals surface area contributed by atoms with Crippen molar-refractivity contribution in [2.45, 2.75) is 72.6 Å². The number of carbonyl (C=O) groups excluding carboxylic acids is 2. The second-order valence-electron chi connectivity index (χ2n) is 9.34. The molecule has 2 saturated heterocycles.